The molecule has 0 unspecified atom stereocenters. The molecule has 2 atom stereocenters. The third-order valence-electron chi connectivity index (χ3n) is 3.31. The molecule has 0 aliphatic carbocycles. The summed E-state index contributed by atoms with van der Waals surface area (Å²) in [6, 6.07) is 0. The molecular weight excluding hydrogens is 346 g/mol. The molecule has 0 bridgehead atoms. The zero-order chi connectivity index (χ0) is 15.9. The number of β-lactam (4-membered cyclic amide) rings is 1. The Hall–Kier alpha value is -0.530. The first-order valence-electron chi connectivity index (χ1n) is 6.07. The van der Waals surface area contributed by atoms with E-state index in [1.165, 1.54) is 23.8 Å². The highest BCUT2D eigenvalue weighted by Crippen LogP contribution is 2.52. The Kier molecular flexibility index (Phi) is 4.99. The average molecular weight is 366 g/mol. The minimum Gasteiger partial charge on any atom is -0.464 e. The van der Waals surface area contributed by atoms with Gasteiger partial charge in [0.1, 0.15) is 11.1 Å². The average Bonchev–Trinajstić information content (AvgIpc) is 2.35. The van der Waals surface area contributed by atoms with Crippen LogP contribution in [-0.2, 0) is 14.3 Å². The number of amides is 1. The SMILES string of the molecule is COC(=O)C(=C(C)C)N1C(=O)[C@](Br)(C(C)(C)O)[C@H]1SC. The van der Waals surface area contributed by atoms with E-state index < -0.39 is 15.9 Å². The van der Waals surface area contributed by atoms with Crippen molar-refractivity contribution in [3.05, 3.63) is 11.3 Å². The van der Waals surface area contributed by atoms with Crippen molar-refractivity contribution < 1.29 is 19.4 Å². The van der Waals surface area contributed by atoms with Crippen LogP contribution in [0.15, 0.2) is 11.3 Å². The molecule has 1 rings (SSSR count). The maximum Gasteiger partial charge on any atom is 0.354 e. The summed E-state index contributed by atoms with van der Waals surface area (Å²) in [6.45, 7) is 6.63. The number of allylic oxidation sites excluding steroid dienone is 1. The van der Waals surface area contributed by atoms with E-state index in [1.54, 1.807) is 27.7 Å². The minimum absolute atomic E-state index is 0.233. The van der Waals surface area contributed by atoms with Crippen molar-refractivity contribution in [1.29, 1.82) is 0 Å². The Morgan fingerprint density at radius 2 is 2.00 bits per heavy atom. The van der Waals surface area contributed by atoms with Gasteiger partial charge < -0.3 is 9.84 Å². The highest BCUT2D eigenvalue weighted by molar-refractivity contribution is 9.10. The molecule has 0 aromatic carbocycles. The first kappa shape index (κ1) is 17.5. The number of esters is 1. The maximum atomic E-state index is 12.5. The molecule has 1 saturated heterocycles. The van der Waals surface area contributed by atoms with Gasteiger partial charge in [-0.2, -0.15) is 0 Å². The van der Waals surface area contributed by atoms with Crippen LogP contribution in [0, 0.1) is 0 Å². The second-order valence-electron chi connectivity index (χ2n) is 5.37. The zero-order valence-corrected chi connectivity index (χ0v) is 14.9. The molecule has 1 fully saturated rings. The van der Waals surface area contributed by atoms with E-state index in [9.17, 15) is 14.7 Å². The first-order valence-corrected chi connectivity index (χ1v) is 8.15. The van der Waals surface area contributed by atoms with E-state index in [0.717, 1.165) is 0 Å². The summed E-state index contributed by atoms with van der Waals surface area (Å²) in [6.07, 6.45) is 1.83. The van der Waals surface area contributed by atoms with Gasteiger partial charge in [0, 0.05) is 0 Å². The lowest BCUT2D eigenvalue weighted by Gasteiger charge is -2.56. The predicted molar refractivity (Wildman–Crippen MR) is 82.5 cm³/mol. The Labute approximate surface area is 131 Å². The van der Waals surface area contributed by atoms with Crippen molar-refractivity contribution in [2.24, 2.45) is 0 Å². The number of nitrogens with zero attached hydrogens (tertiary/aromatic N) is 1. The van der Waals surface area contributed by atoms with Crippen molar-refractivity contribution in [3.63, 3.8) is 0 Å². The van der Waals surface area contributed by atoms with Crippen LogP contribution in [0.3, 0.4) is 0 Å². The number of methoxy groups -OCH3 is 1. The monoisotopic (exact) mass is 365 g/mol. The predicted octanol–water partition coefficient (Wildman–Crippen LogP) is 1.89. The van der Waals surface area contributed by atoms with Gasteiger partial charge in [0.25, 0.3) is 5.91 Å². The summed E-state index contributed by atoms with van der Waals surface area (Å²) in [4.78, 5) is 25.8. The summed E-state index contributed by atoms with van der Waals surface area (Å²) in [5.74, 6) is -0.895. The molecule has 5 nitrogen and oxygen atoms in total. The van der Waals surface area contributed by atoms with Crippen LogP contribution in [0.5, 0.6) is 0 Å². The minimum atomic E-state index is -1.25. The maximum absolute atomic E-state index is 12.5. The van der Waals surface area contributed by atoms with Gasteiger partial charge in [-0.15, -0.1) is 11.8 Å². The fourth-order valence-corrected chi connectivity index (χ4v) is 4.27. The molecule has 0 aromatic heterocycles. The molecule has 1 heterocycles. The molecule has 1 aliphatic rings. The van der Waals surface area contributed by atoms with Crippen LogP contribution in [0.25, 0.3) is 0 Å². The fraction of sp³-hybridized carbons (Fsp3) is 0.692. The molecule has 0 radical (unpaired) electrons. The number of ether oxygens (including phenoxy) is 1. The third-order valence-corrected chi connectivity index (χ3v) is 6.37. The van der Waals surface area contributed by atoms with Gasteiger partial charge >= 0.3 is 5.97 Å². The molecule has 1 N–H and O–H groups in total. The van der Waals surface area contributed by atoms with Gasteiger partial charge in [0.15, 0.2) is 4.32 Å². The number of thioether (sulfide) groups is 1. The van der Waals surface area contributed by atoms with Crippen LogP contribution >= 0.6 is 27.7 Å². The molecule has 114 valence electrons. The third kappa shape index (κ3) is 2.40. The summed E-state index contributed by atoms with van der Waals surface area (Å²) < 4.78 is 3.63. The van der Waals surface area contributed by atoms with Crippen molar-refractivity contribution in [3.8, 4) is 0 Å². The van der Waals surface area contributed by atoms with Crippen LogP contribution in [-0.4, -0.2) is 50.5 Å². The summed E-state index contributed by atoms with van der Waals surface area (Å²) in [5.41, 5.74) is -0.331. The molecule has 1 aliphatic heterocycles. The molecule has 1 amide bonds. The van der Waals surface area contributed by atoms with E-state index in [1.807, 2.05) is 6.26 Å². The van der Waals surface area contributed by atoms with Gasteiger partial charge in [-0.05, 0) is 39.5 Å². The topological polar surface area (TPSA) is 66.8 Å². The lowest BCUT2D eigenvalue weighted by molar-refractivity contribution is -0.159. The van der Waals surface area contributed by atoms with Gasteiger partial charge in [0.2, 0.25) is 0 Å². The van der Waals surface area contributed by atoms with E-state index in [2.05, 4.69) is 15.9 Å². The number of carbonyl (C=O) groups excluding carboxylic acids is 2. The van der Waals surface area contributed by atoms with Crippen molar-refractivity contribution in [2.75, 3.05) is 13.4 Å². The van der Waals surface area contributed by atoms with Crippen molar-refractivity contribution >= 4 is 39.6 Å². The van der Waals surface area contributed by atoms with Crippen LogP contribution in [0.4, 0.5) is 0 Å². The Balaban J connectivity index is 3.28. The first-order chi connectivity index (χ1) is 9.03. The molecule has 7 heteroatoms. The van der Waals surface area contributed by atoms with Gasteiger partial charge in [-0.3, -0.25) is 9.69 Å². The molecule has 0 spiro atoms. The van der Waals surface area contributed by atoms with Crippen LogP contribution in [0.2, 0.25) is 0 Å². The normalized spacial score (nSPS) is 26.1. The number of alkyl halides is 1. The second kappa shape index (κ2) is 5.69. The number of carbonyl (C=O) groups is 2. The zero-order valence-electron chi connectivity index (χ0n) is 12.5. The highest BCUT2D eigenvalue weighted by Gasteiger charge is 2.67. The summed E-state index contributed by atoms with van der Waals surface area (Å²) >= 11 is 4.76. The molecule has 0 aromatic rings. The quantitative estimate of drug-likeness (QED) is 0.356. The second-order valence-corrected chi connectivity index (χ2v) is 7.54. The van der Waals surface area contributed by atoms with Gasteiger partial charge in [0.05, 0.1) is 12.7 Å². The fourth-order valence-electron chi connectivity index (χ4n) is 2.19. The van der Waals surface area contributed by atoms with E-state index in [-0.39, 0.29) is 17.0 Å². The number of halogens is 1. The van der Waals surface area contributed by atoms with E-state index in [4.69, 9.17) is 4.74 Å². The van der Waals surface area contributed by atoms with Crippen molar-refractivity contribution in [2.45, 2.75) is 43.0 Å². The lowest BCUT2D eigenvalue weighted by Crippen LogP contribution is -2.76. The number of rotatable bonds is 4. The summed E-state index contributed by atoms with van der Waals surface area (Å²) in [7, 11) is 1.28. The Morgan fingerprint density at radius 1 is 1.50 bits per heavy atom. The number of likely N-dealkylation sites (tertiary alicyclic amines) is 1. The Bertz CT molecular complexity index is 467. The van der Waals surface area contributed by atoms with Crippen molar-refractivity contribution in [1.82, 2.24) is 4.90 Å². The van der Waals surface area contributed by atoms with E-state index in [0.29, 0.717) is 5.57 Å². The van der Waals surface area contributed by atoms with Crippen LogP contribution < -0.4 is 0 Å². The highest BCUT2D eigenvalue weighted by atomic mass is 79.9. The Morgan fingerprint density at radius 3 is 2.30 bits per heavy atom. The van der Waals surface area contributed by atoms with E-state index >= 15 is 0 Å². The lowest BCUT2D eigenvalue weighted by atomic mass is 9.82. The van der Waals surface area contributed by atoms with Crippen LogP contribution in [0.1, 0.15) is 27.7 Å². The largest absolute Gasteiger partial charge is 0.464 e. The molecular formula is C13H20BrNO4S. The number of hydrogen-bond donors (Lipinski definition) is 1. The molecule has 0 saturated carbocycles. The van der Waals surface area contributed by atoms with Gasteiger partial charge in [-0.25, -0.2) is 4.79 Å². The van der Waals surface area contributed by atoms with Gasteiger partial charge in [-0.1, -0.05) is 15.9 Å². The smallest absolute Gasteiger partial charge is 0.354 e. The standard InChI is InChI=1S/C13H20BrNO4S/c1-7(2)8(9(16)19-5)15-10(17)13(14,11(15)20-6)12(3,4)18/h11,18H,1-6H3/t11-,13-/m1/s1. The number of aliphatic hydroxyl groups is 1. The number of hydrogen-bond acceptors (Lipinski definition) is 5. The molecule has 20 heavy (non-hydrogen) atoms. The summed E-state index contributed by atoms with van der Waals surface area (Å²) in [5, 5.41) is 9.87.